The van der Waals surface area contributed by atoms with Crippen molar-refractivity contribution in [2.24, 2.45) is 0 Å². The van der Waals surface area contributed by atoms with E-state index in [9.17, 15) is 4.79 Å². The molecule has 1 saturated carbocycles. The zero-order valence-corrected chi connectivity index (χ0v) is 15.6. The number of aromatic nitrogens is 3. The van der Waals surface area contributed by atoms with E-state index in [1.165, 1.54) is 17.3 Å². The minimum Gasteiger partial charge on any atom is -0.376 e. The van der Waals surface area contributed by atoms with E-state index >= 15 is 0 Å². The number of thioether (sulfide) groups is 1. The third kappa shape index (κ3) is 4.65. The van der Waals surface area contributed by atoms with Gasteiger partial charge in [0.2, 0.25) is 5.91 Å². The van der Waals surface area contributed by atoms with E-state index in [2.05, 4.69) is 32.2 Å². The number of nitrogens with zero attached hydrogens (tertiary/aromatic N) is 3. The lowest BCUT2D eigenvalue weighted by molar-refractivity contribution is -0.118. The lowest BCUT2D eigenvalue weighted by Crippen LogP contribution is -2.27. The van der Waals surface area contributed by atoms with E-state index in [1.54, 1.807) is 0 Å². The third-order valence-electron chi connectivity index (χ3n) is 4.68. The molecule has 6 nitrogen and oxygen atoms in total. The van der Waals surface area contributed by atoms with Gasteiger partial charge in [-0.3, -0.25) is 4.79 Å². The first-order chi connectivity index (χ1) is 12.8. The summed E-state index contributed by atoms with van der Waals surface area (Å²) in [4.78, 5) is 12.0. The van der Waals surface area contributed by atoms with E-state index in [-0.39, 0.29) is 12.0 Å². The van der Waals surface area contributed by atoms with Crippen LogP contribution in [0.5, 0.6) is 0 Å². The van der Waals surface area contributed by atoms with Crippen molar-refractivity contribution in [1.29, 1.82) is 0 Å². The van der Waals surface area contributed by atoms with Gasteiger partial charge in [-0.1, -0.05) is 42.1 Å². The van der Waals surface area contributed by atoms with Crippen molar-refractivity contribution in [3.8, 4) is 0 Å². The van der Waals surface area contributed by atoms with Crippen LogP contribution in [0.1, 0.15) is 37.1 Å². The molecule has 26 heavy (non-hydrogen) atoms. The van der Waals surface area contributed by atoms with Crippen LogP contribution in [0.3, 0.4) is 0 Å². The number of amides is 1. The first-order valence-electron chi connectivity index (χ1n) is 9.27. The van der Waals surface area contributed by atoms with Gasteiger partial charge in [0.25, 0.3) is 0 Å². The molecule has 138 valence electrons. The Morgan fingerprint density at radius 3 is 2.81 bits per heavy atom. The Bertz CT molecular complexity index is 739. The van der Waals surface area contributed by atoms with Crippen molar-refractivity contribution >= 4 is 17.7 Å². The number of ether oxygens (including phenoxy) is 1. The number of nitrogens with one attached hydrogen (secondary N) is 1. The van der Waals surface area contributed by atoms with E-state index in [4.69, 9.17) is 4.74 Å². The molecule has 1 aromatic heterocycles. The molecule has 4 rings (SSSR count). The van der Waals surface area contributed by atoms with Crippen molar-refractivity contribution in [2.45, 2.75) is 56.0 Å². The highest BCUT2D eigenvalue weighted by Crippen LogP contribution is 2.23. The number of carbonyl (C=O) groups is 1. The summed E-state index contributed by atoms with van der Waals surface area (Å²) in [6.45, 7) is 1.58. The molecular weight excluding hydrogens is 348 g/mol. The highest BCUT2D eigenvalue weighted by molar-refractivity contribution is 7.99. The van der Waals surface area contributed by atoms with Gasteiger partial charge in [-0.2, -0.15) is 0 Å². The molecule has 7 heteroatoms. The molecular formula is C19H24N4O2S. The van der Waals surface area contributed by atoms with E-state index in [1.807, 2.05) is 18.2 Å². The molecule has 0 radical (unpaired) electrons. The number of hydrogen-bond donors (Lipinski definition) is 1. The molecule has 1 aliphatic heterocycles. The quantitative estimate of drug-likeness (QED) is 0.721. The fourth-order valence-corrected chi connectivity index (χ4v) is 3.92. The fraction of sp³-hybridized carbons (Fsp3) is 0.526. The minimum absolute atomic E-state index is 0.0776. The SMILES string of the molecule is O=C(CSc1nnc(Cc2ccccc2)n1C[C@@H]1CCCO1)NC1CC1. The van der Waals surface area contributed by atoms with Gasteiger partial charge in [-0.25, -0.2) is 0 Å². The predicted molar refractivity (Wildman–Crippen MR) is 100 cm³/mol. The second kappa shape index (κ2) is 8.22. The Labute approximate surface area is 157 Å². The van der Waals surface area contributed by atoms with Crippen LogP contribution >= 0.6 is 11.8 Å². The first-order valence-corrected chi connectivity index (χ1v) is 10.3. The van der Waals surface area contributed by atoms with Crippen molar-refractivity contribution < 1.29 is 9.53 Å². The predicted octanol–water partition coefficient (Wildman–Crippen LogP) is 2.42. The molecule has 0 unspecified atom stereocenters. The van der Waals surface area contributed by atoms with Crippen LogP contribution in [0.15, 0.2) is 35.5 Å². The van der Waals surface area contributed by atoms with Crippen LogP contribution in [0.25, 0.3) is 0 Å². The zero-order valence-electron chi connectivity index (χ0n) is 14.8. The lowest BCUT2D eigenvalue weighted by atomic mass is 10.1. The van der Waals surface area contributed by atoms with Gasteiger partial charge in [0, 0.05) is 19.1 Å². The average Bonchev–Trinajstić information content (AvgIpc) is 3.16. The Balaban J connectivity index is 1.47. The number of carbonyl (C=O) groups excluding carboxylic acids is 1. The molecule has 2 fully saturated rings. The number of rotatable bonds is 8. The largest absolute Gasteiger partial charge is 0.376 e. The standard InChI is InChI=1S/C19H24N4O2S/c24-18(20-15-8-9-15)13-26-19-22-21-17(11-14-5-2-1-3-6-14)23(19)12-16-7-4-10-25-16/h1-3,5-6,15-16H,4,7-13H2,(H,20,24)/t16-/m0/s1. The van der Waals surface area contributed by atoms with E-state index in [0.717, 1.165) is 56.2 Å². The lowest BCUT2D eigenvalue weighted by Gasteiger charge is -2.14. The Morgan fingerprint density at radius 2 is 2.08 bits per heavy atom. The molecule has 0 spiro atoms. The van der Waals surface area contributed by atoms with Gasteiger partial charge in [0.1, 0.15) is 5.82 Å². The number of benzene rings is 1. The fourth-order valence-electron chi connectivity index (χ4n) is 3.14. The second-order valence-electron chi connectivity index (χ2n) is 6.94. The van der Waals surface area contributed by atoms with Crippen molar-refractivity contribution in [3.05, 3.63) is 41.7 Å². The molecule has 2 aromatic rings. The average molecular weight is 372 g/mol. The van der Waals surface area contributed by atoms with Gasteiger partial charge in [-0.15, -0.1) is 10.2 Å². The second-order valence-corrected chi connectivity index (χ2v) is 7.88. The molecule has 1 aromatic carbocycles. The summed E-state index contributed by atoms with van der Waals surface area (Å²) in [6, 6.07) is 10.7. The molecule has 1 amide bonds. The van der Waals surface area contributed by atoms with Gasteiger partial charge in [-0.05, 0) is 31.2 Å². The first kappa shape index (κ1) is 17.5. The summed E-state index contributed by atoms with van der Waals surface area (Å²) in [7, 11) is 0. The number of hydrogen-bond acceptors (Lipinski definition) is 5. The maximum Gasteiger partial charge on any atom is 0.230 e. The Hall–Kier alpha value is -1.86. The molecule has 1 N–H and O–H groups in total. The summed E-state index contributed by atoms with van der Waals surface area (Å²) in [5, 5.41) is 12.6. The van der Waals surface area contributed by atoms with Gasteiger partial charge in [0.05, 0.1) is 18.4 Å². The normalized spacial score (nSPS) is 19.6. The van der Waals surface area contributed by atoms with Crippen molar-refractivity contribution in [3.63, 3.8) is 0 Å². The zero-order chi connectivity index (χ0) is 17.8. The van der Waals surface area contributed by atoms with E-state index in [0.29, 0.717) is 11.8 Å². The Kier molecular flexibility index (Phi) is 5.55. The summed E-state index contributed by atoms with van der Waals surface area (Å²) >= 11 is 1.46. The molecule has 2 aliphatic rings. The minimum atomic E-state index is 0.0776. The molecule has 1 atom stereocenters. The van der Waals surface area contributed by atoms with Crippen LogP contribution in [0, 0.1) is 0 Å². The van der Waals surface area contributed by atoms with Gasteiger partial charge < -0.3 is 14.6 Å². The third-order valence-corrected chi connectivity index (χ3v) is 5.65. The van der Waals surface area contributed by atoms with Crippen molar-refractivity contribution in [2.75, 3.05) is 12.4 Å². The van der Waals surface area contributed by atoms with Crippen LogP contribution in [-0.4, -0.2) is 45.2 Å². The molecule has 1 saturated heterocycles. The highest BCUT2D eigenvalue weighted by atomic mass is 32.2. The van der Waals surface area contributed by atoms with Crippen LogP contribution in [0.2, 0.25) is 0 Å². The van der Waals surface area contributed by atoms with Crippen LogP contribution in [0.4, 0.5) is 0 Å². The van der Waals surface area contributed by atoms with Gasteiger partial charge in [0.15, 0.2) is 5.16 Å². The smallest absolute Gasteiger partial charge is 0.230 e. The summed E-state index contributed by atoms with van der Waals surface area (Å²) in [5.74, 6) is 1.39. The van der Waals surface area contributed by atoms with Crippen LogP contribution in [-0.2, 0) is 22.5 Å². The van der Waals surface area contributed by atoms with Gasteiger partial charge >= 0.3 is 0 Å². The maximum absolute atomic E-state index is 12.0. The highest BCUT2D eigenvalue weighted by Gasteiger charge is 2.24. The summed E-state index contributed by atoms with van der Waals surface area (Å²) < 4.78 is 7.94. The molecule has 2 heterocycles. The Morgan fingerprint density at radius 1 is 1.23 bits per heavy atom. The molecule has 1 aliphatic carbocycles. The summed E-state index contributed by atoms with van der Waals surface area (Å²) in [6.07, 6.45) is 5.32. The molecule has 0 bridgehead atoms. The maximum atomic E-state index is 12.0. The van der Waals surface area contributed by atoms with Crippen molar-refractivity contribution in [1.82, 2.24) is 20.1 Å². The topological polar surface area (TPSA) is 69.0 Å². The monoisotopic (exact) mass is 372 g/mol. The van der Waals surface area contributed by atoms with E-state index < -0.39 is 0 Å². The summed E-state index contributed by atoms with van der Waals surface area (Å²) in [5.41, 5.74) is 1.21. The van der Waals surface area contributed by atoms with Crippen LogP contribution < -0.4 is 5.32 Å².